The topological polar surface area (TPSA) is 120 Å². The summed E-state index contributed by atoms with van der Waals surface area (Å²) in [5, 5.41) is 28.4. The van der Waals surface area contributed by atoms with Gasteiger partial charge in [0.15, 0.2) is 6.04 Å². The zero-order valence-electron chi connectivity index (χ0n) is 8.12. The van der Waals surface area contributed by atoms with Crippen LogP contribution in [0.25, 0.3) is 0 Å². The van der Waals surface area contributed by atoms with Crippen LogP contribution in [0.1, 0.15) is 10.4 Å². The molecule has 1 aromatic rings. The number of aliphatic hydroxyl groups excluding tert-OH is 1. The van der Waals surface area contributed by atoms with Crippen LogP contribution in [0.5, 0.6) is 5.75 Å². The molecule has 0 spiro atoms. The van der Waals surface area contributed by atoms with Crippen molar-refractivity contribution in [2.24, 2.45) is 0 Å². The third-order valence-corrected chi connectivity index (χ3v) is 1.77. The van der Waals surface area contributed by atoms with E-state index in [0.29, 0.717) is 0 Å². The molecule has 16 heavy (non-hydrogen) atoms. The van der Waals surface area contributed by atoms with Gasteiger partial charge in [-0.3, -0.25) is 9.78 Å². The molecule has 1 atom stereocenters. The van der Waals surface area contributed by atoms with Crippen molar-refractivity contribution in [2.45, 2.75) is 6.04 Å². The Balaban J connectivity index is 2.75. The number of rotatable bonds is 4. The van der Waals surface area contributed by atoms with E-state index in [0.717, 1.165) is 12.3 Å². The summed E-state index contributed by atoms with van der Waals surface area (Å²) in [5.41, 5.74) is 0.0136. The van der Waals surface area contributed by atoms with Crippen molar-refractivity contribution in [3.63, 3.8) is 0 Å². The Hall–Kier alpha value is -2.15. The number of carboxylic acid groups (broad SMARTS) is 1. The van der Waals surface area contributed by atoms with Gasteiger partial charge >= 0.3 is 5.97 Å². The highest BCUT2D eigenvalue weighted by molar-refractivity contribution is 5.96. The summed E-state index contributed by atoms with van der Waals surface area (Å²) in [6.07, 6.45) is 2.31. The van der Waals surface area contributed by atoms with Crippen LogP contribution < -0.4 is 5.32 Å². The zero-order valence-corrected chi connectivity index (χ0v) is 8.12. The van der Waals surface area contributed by atoms with Crippen molar-refractivity contribution in [3.8, 4) is 5.75 Å². The van der Waals surface area contributed by atoms with Gasteiger partial charge in [-0.25, -0.2) is 4.79 Å². The second kappa shape index (κ2) is 5.08. The molecule has 1 rings (SSSR count). The summed E-state index contributed by atoms with van der Waals surface area (Å²) in [5.74, 6) is -2.28. The fourth-order valence-corrected chi connectivity index (χ4v) is 0.979. The van der Waals surface area contributed by atoms with Crippen molar-refractivity contribution in [3.05, 3.63) is 24.0 Å². The second-order valence-electron chi connectivity index (χ2n) is 2.98. The first-order valence-electron chi connectivity index (χ1n) is 4.33. The molecule has 4 N–H and O–H groups in total. The molecule has 1 aromatic heterocycles. The number of nitrogens with one attached hydrogen (secondary N) is 1. The summed E-state index contributed by atoms with van der Waals surface area (Å²) in [4.78, 5) is 25.5. The third-order valence-electron chi connectivity index (χ3n) is 1.77. The van der Waals surface area contributed by atoms with E-state index in [2.05, 4.69) is 10.3 Å². The molecule has 0 saturated carbocycles. The molecular weight excluding hydrogens is 216 g/mol. The van der Waals surface area contributed by atoms with Gasteiger partial charge in [-0.1, -0.05) is 0 Å². The van der Waals surface area contributed by atoms with Gasteiger partial charge in [0.2, 0.25) is 0 Å². The fraction of sp³-hybridized carbons (Fsp3) is 0.222. The number of carbonyl (C=O) groups excluding carboxylic acids is 1. The number of pyridine rings is 1. The molecule has 0 aliphatic heterocycles. The van der Waals surface area contributed by atoms with Crippen molar-refractivity contribution < 1.29 is 24.9 Å². The molecule has 1 amide bonds. The number of hydrogen-bond acceptors (Lipinski definition) is 5. The Labute approximate surface area is 90.4 Å². The number of aliphatic carboxylic acids is 1. The molecule has 1 heterocycles. The normalized spacial score (nSPS) is 11.8. The van der Waals surface area contributed by atoms with Gasteiger partial charge in [0, 0.05) is 6.20 Å². The molecule has 0 aromatic carbocycles. The maximum atomic E-state index is 11.4. The fourth-order valence-electron chi connectivity index (χ4n) is 0.979. The zero-order chi connectivity index (χ0) is 12.1. The first-order chi connectivity index (χ1) is 7.54. The minimum atomic E-state index is -1.38. The van der Waals surface area contributed by atoms with Crippen LogP contribution in [0.15, 0.2) is 18.5 Å². The number of aliphatic hydroxyl groups is 1. The largest absolute Gasteiger partial charge is 0.506 e. The molecule has 0 saturated heterocycles. The minimum Gasteiger partial charge on any atom is -0.506 e. The van der Waals surface area contributed by atoms with Crippen LogP contribution >= 0.6 is 0 Å². The van der Waals surface area contributed by atoms with Crippen LogP contribution in [0.4, 0.5) is 0 Å². The highest BCUT2D eigenvalue weighted by Gasteiger charge is 2.19. The number of aromatic hydroxyl groups is 1. The molecule has 0 radical (unpaired) electrons. The number of nitrogens with zero attached hydrogens (tertiary/aromatic N) is 1. The Morgan fingerprint density at radius 3 is 2.62 bits per heavy atom. The van der Waals surface area contributed by atoms with E-state index in [1.165, 1.54) is 6.20 Å². The summed E-state index contributed by atoms with van der Waals surface area (Å²) in [7, 11) is 0. The standard InChI is InChI=1S/C9H10N2O5/c12-4-7(9(15)16)11-8(14)5-1-6(13)3-10-2-5/h1-3,7,12-13H,4H2,(H,11,14)(H,15,16)/t7-/m0/s1. The van der Waals surface area contributed by atoms with E-state index in [1.54, 1.807) is 0 Å². The van der Waals surface area contributed by atoms with Crippen LogP contribution in [0.3, 0.4) is 0 Å². The van der Waals surface area contributed by atoms with E-state index in [9.17, 15) is 9.59 Å². The van der Waals surface area contributed by atoms with Gasteiger partial charge < -0.3 is 20.6 Å². The first kappa shape index (κ1) is 11.9. The lowest BCUT2D eigenvalue weighted by molar-refractivity contribution is -0.140. The van der Waals surface area contributed by atoms with Crippen LogP contribution in [0.2, 0.25) is 0 Å². The van der Waals surface area contributed by atoms with E-state index in [1.807, 2.05) is 0 Å². The molecular formula is C9H10N2O5. The molecule has 7 nitrogen and oxygen atoms in total. The summed E-state index contributed by atoms with van der Waals surface area (Å²) in [6, 6.07) is -0.242. The smallest absolute Gasteiger partial charge is 0.328 e. The van der Waals surface area contributed by atoms with Gasteiger partial charge in [-0.2, -0.15) is 0 Å². The van der Waals surface area contributed by atoms with Crippen LogP contribution in [-0.2, 0) is 4.79 Å². The number of amides is 1. The number of hydrogen-bond donors (Lipinski definition) is 4. The molecule has 7 heteroatoms. The summed E-state index contributed by atoms with van der Waals surface area (Å²) < 4.78 is 0. The Morgan fingerprint density at radius 2 is 2.12 bits per heavy atom. The maximum Gasteiger partial charge on any atom is 0.328 e. The van der Waals surface area contributed by atoms with Crippen molar-refractivity contribution in [2.75, 3.05) is 6.61 Å². The Morgan fingerprint density at radius 1 is 1.44 bits per heavy atom. The SMILES string of the molecule is O=C(N[C@@H](CO)C(=O)O)c1cncc(O)c1. The maximum absolute atomic E-state index is 11.4. The van der Waals surface area contributed by atoms with Gasteiger partial charge in [-0.05, 0) is 6.07 Å². The lowest BCUT2D eigenvalue weighted by atomic mass is 10.2. The highest BCUT2D eigenvalue weighted by atomic mass is 16.4. The van der Waals surface area contributed by atoms with E-state index in [-0.39, 0.29) is 11.3 Å². The van der Waals surface area contributed by atoms with E-state index < -0.39 is 24.5 Å². The summed E-state index contributed by atoms with van der Waals surface area (Å²) >= 11 is 0. The van der Waals surface area contributed by atoms with Gasteiger partial charge in [-0.15, -0.1) is 0 Å². The predicted octanol–water partition coefficient (Wildman–Crippen LogP) is -1.04. The highest BCUT2D eigenvalue weighted by Crippen LogP contribution is 2.08. The van der Waals surface area contributed by atoms with Crippen molar-refractivity contribution in [1.29, 1.82) is 0 Å². The number of carboxylic acids is 1. The van der Waals surface area contributed by atoms with Crippen molar-refractivity contribution in [1.82, 2.24) is 10.3 Å². The molecule has 86 valence electrons. The van der Waals surface area contributed by atoms with E-state index >= 15 is 0 Å². The molecule has 0 unspecified atom stereocenters. The van der Waals surface area contributed by atoms with Gasteiger partial charge in [0.25, 0.3) is 5.91 Å². The van der Waals surface area contributed by atoms with Crippen LogP contribution in [0, 0.1) is 0 Å². The Bertz CT molecular complexity index is 407. The molecule has 0 aliphatic rings. The summed E-state index contributed by atoms with van der Waals surface area (Å²) in [6.45, 7) is -0.715. The number of aromatic nitrogens is 1. The third kappa shape index (κ3) is 2.92. The van der Waals surface area contributed by atoms with Gasteiger partial charge in [0.1, 0.15) is 5.75 Å². The number of carbonyl (C=O) groups is 2. The lowest BCUT2D eigenvalue weighted by Gasteiger charge is -2.11. The average molecular weight is 226 g/mol. The molecule has 0 bridgehead atoms. The second-order valence-corrected chi connectivity index (χ2v) is 2.98. The first-order valence-corrected chi connectivity index (χ1v) is 4.33. The predicted molar refractivity (Wildman–Crippen MR) is 51.9 cm³/mol. The van der Waals surface area contributed by atoms with Crippen molar-refractivity contribution >= 4 is 11.9 Å². The monoisotopic (exact) mass is 226 g/mol. The minimum absolute atomic E-state index is 0.0136. The molecule has 0 aliphatic carbocycles. The van der Waals surface area contributed by atoms with Crippen LogP contribution in [-0.4, -0.2) is 44.8 Å². The van der Waals surface area contributed by atoms with E-state index in [4.69, 9.17) is 15.3 Å². The van der Waals surface area contributed by atoms with Gasteiger partial charge in [0.05, 0.1) is 18.4 Å². The lowest BCUT2D eigenvalue weighted by Crippen LogP contribution is -2.43. The quantitative estimate of drug-likeness (QED) is 0.520. The Kier molecular flexibility index (Phi) is 3.78. The molecule has 0 fully saturated rings. The average Bonchev–Trinajstić information content (AvgIpc) is 2.25.